The highest BCUT2D eigenvalue weighted by Gasteiger charge is 2.36. The molecule has 0 aliphatic heterocycles. The van der Waals surface area contributed by atoms with Crippen LogP contribution >= 0.6 is 0 Å². The molecular weight excluding hydrogens is 226 g/mol. The Morgan fingerprint density at radius 1 is 1.11 bits per heavy atom. The minimum Gasteiger partial charge on any atom is -0.381 e. The number of carbonyl (C=O) groups excluding carboxylic acids is 1. The lowest BCUT2D eigenvalue weighted by Gasteiger charge is -2.41. The van der Waals surface area contributed by atoms with Crippen LogP contribution in [0.15, 0.2) is 0 Å². The summed E-state index contributed by atoms with van der Waals surface area (Å²) in [6.45, 7) is 1.64. The molecule has 2 aliphatic rings. The lowest BCUT2D eigenvalue weighted by Crippen LogP contribution is -2.47. The Morgan fingerprint density at radius 2 is 1.83 bits per heavy atom. The van der Waals surface area contributed by atoms with Gasteiger partial charge >= 0.3 is 0 Å². The lowest BCUT2D eigenvalue weighted by atomic mass is 9.70. The molecule has 18 heavy (non-hydrogen) atoms. The van der Waals surface area contributed by atoms with Gasteiger partial charge in [0.1, 0.15) is 0 Å². The molecule has 0 heterocycles. The Hall–Kier alpha value is -0.570. The van der Waals surface area contributed by atoms with Crippen LogP contribution in [-0.4, -0.2) is 25.2 Å². The highest BCUT2D eigenvalue weighted by Crippen LogP contribution is 2.39. The van der Waals surface area contributed by atoms with Gasteiger partial charge in [-0.15, -0.1) is 0 Å². The highest BCUT2D eigenvalue weighted by molar-refractivity contribution is 5.73. The molecule has 0 unspecified atom stereocenters. The van der Waals surface area contributed by atoms with Crippen molar-refractivity contribution in [3.63, 3.8) is 0 Å². The number of rotatable bonds is 3. The van der Waals surface area contributed by atoms with E-state index in [4.69, 9.17) is 4.74 Å². The largest absolute Gasteiger partial charge is 0.381 e. The molecule has 2 fully saturated rings. The minimum absolute atomic E-state index is 0.122. The second-order valence-corrected chi connectivity index (χ2v) is 6.04. The first kappa shape index (κ1) is 13.9. The molecule has 0 aromatic rings. The van der Waals surface area contributed by atoms with Crippen LogP contribution in [0.4, 0.5) is 0 Å². The first-order valence-corrected chi connectivity index (χ1v) is 7.50. The smallest absolute Gasteiger partial charge is 0.217 e. The van der Waals surface area contributed by atoms with E-state index in [0.717, 1.165) is 25.2 Å². The van der Waals surface area contributed by atoms with Crippen LogP contribution in [-0.2, 0) is 9.53 Å². The van der Waals surface area contributed by atoms with Gasteiger partial charge in [0.25, 0.3) is 0 Å². The molecule has 3 heteroatoms. The first-order valence-electron chi connectivity index (χ1n) is 7.50. The van der Waals surface area contributed by atoms with Crippen LogP contribution in [0, 0.1) is 11.8 Å². The summed E-state index contributed by atoms with van der Waals surface area (Å²) >= 11 is 0. The van der Waals surface area contributed by atoms with E-state index >= 15 is 0 Å². The Morgan fingerprint density at radius 3 is 2.44 bits per heavy atom. The first-order chi connectivity index (χ1) is 8.70. The number of ether oxygens (including phenoxy) is 1. The van der Waals surface area contributed by atoms with E-state index < -0.39 is 0 Å². The predicted octanol–water partition coefficient (Wildman–Crippen LogP) is 2.89. The zero-order valence-corrected chi connectivity index (χ0v) is 11.8. The Balaban J connectivity index is 2.00. The molecule has 104 valence electrons. The number of amides is 1. The summed E-state index contributed by atoms with van der Waals surface area (Å²) < 4.78 is 5.55. The standard InChI is InChI=1S/C15H27NO2/c1-11(17)16-15-9-8-13(18-2)10-14(15)12-6-4-3-5-7-12/h12-15H,3-10H2,1-2H3,(H,16,17)/t13-,14+,15+/m0/s1. The molecule has 2 rings (SSSR count). The summed E-state index contributed by atoms with van der Waals surface area (Å²) in [5.74, 6) is 1.55. The van der Waals surface area contributed by atoms with Crippen molar-refractivity contribution in [3.05, 3.63) is 0 Å². The third kappa shape index (κ3) is 3.47. The summed E-state index contributed by atoms with van der Waals surface area (Å²) in [5.41, 5.74) is 0. The topological polar surface area (TPSA) is 38.3 Å². The van der Waals surface area contributed by atoms with Gasteiger partial charge in [-0.3, -0.25) is 4.79 Å². The van der Waals surface area contributed by atoms with Crippen LogP contribution in [0.3, 0.4) is 0 Å². The monoisotopic (exact) mass is 253 g/mol. The fourth-order valence-electron chi connectivity index (χ4n) is 3.90. The molecular formula is C15H27NO2. The van der Waals surface area contributed by atoms with E-state index in [1.54, 1.807) is 6.92 Å². The zero-order valence-electron chi connectivity index (χ0n) is 11.8. The maximum atomic E-state index is 11.3. The van der Waals surface area contributed by atoms with Gasteiger partial charge in [0, 0.05) is 20.1 Å². The molecule has 0 saturated heterocycles. The van der Waals surface area contributed by atoms with E-state index in [-0.39, 0.29) is 5.91 Å². The molecule has 1 N–H and O–H groups in total. The van der Waals surface area contributed by atoms with E-state index in [2.05, 4.69) is 5.32 Å². The molecule has 0 bridgehead atoms. The molecule has 2 aliphatic carbocycles. The van der Waals surface area contributed by atoms with Gasteiger partial charge in [-0.2, -0.15) is 0 Å². The van der Waals surface area contributed by atoms with Gasteiger partial charge in [0.2, 0.25) is 5.91 Å². The number of carbonyl (C=O) groups is 1. The van der Waals surface area contributed by atoms with Gasteiger partial charge in [-0.1, -0.05) is 32.1 Å². The average Bonchev–Trinajstić information content (AvgIpc) is 2.39. The van der Waals surface area contributed by atoms with Crippen molar-refractivity contribution in [1.82, 2.24) is 5.32 Å². The number of hydrogen-bond donors (Lipinski definition) is 1. The van der Waals surface area contributed by atoms with Crippen LogP contribution in [0.25, 0.3) is 0 Å². The third-order valence-corrected chi connectivity index (χ3v) is 4.83. The van der Waals surface area contributed by atoms with Gasteiger partial charge in [-0.05, 0) is 31.1 Å². The minimum atomic E-state index is 0.122. The van der Waals surface area contributed by atoms with Crippen molar-refractivity contribution in [2.75, 3.05) is 7.11 Å². The summed E-state index contributed by atoms with van der Waals surface area (Å²) in [5, 5.41) is 3.18. The van der Waals surface area contributed by atoms with Crippen LogP contribution < -0.4 is 5.32 Å². The van der Waals surface area contributed by atoms with Crippen molar-refractivity contribution < 1.29 is 9.53 Å². The van der Waals surface area contributed by atoms with Crippen LogP contribution in [0.5, 0.6) is 0 Å². The fraction of sp³-hybridized carbons (Fsp3) is 0.933. The molecule has 3 nitrogen and oxygen atoms in total. The summed E-state index contributed by atoms with van der Waals surface area (Å²) in [7, 11) is 1.82. The molecule has 0 spiro atoms. The van der Waals surface area contributed by atoms with E-state index in [1.807, 2.05) is 7.11 Å². The van der Waals surface area contributed by atoms with Gasteiger partial charge in [0.05, 0.1) is 6.10 Å². The van der Waals surface area contributed by atoms with E-state index in [0.29, 0.717) is 18.1 Å². The third-order valence-electron chi connectivity index (χ3n) is 4.83. The van der Waals surface area contributed by atoms with E-state index in [1.165, 1.54) is 32.1 Å². The van der Waals surface area contributed by atoms with Gasteiger partial charge < -0.3 is 10.1 Å². The fourth-order valence-corrected chi connectivity index (χ4v) is 3.90. The number of nitrogens with one attached hydrogen (secondary N) is 1. The SMILES string of the molecule is CO[C@H]1CC[C@@H](NC(C)=O)[C@@H](C2CCCCC2)C1. The molecule has 1 amide bonds. The van der Waals surface area contributed by atoms with Crippen molar-refractivity contribution >= 4 is 5.91 Å². The molecule has 3 atom stereocenters. The molecule has 0 radical (unpaired) electrons. The molecule has 0 aromatic heterocycles. The molecule has 0 aromatic carbocycles. The van der Waals surface area contributed by atoms with Crippen molar-refractivity contribution in [1.29, 1.82) is 0 Å². The van der Waals surface area contributed by atoms with Gasteiger partial charge in [0.15, 0.2) is 0 Å². The second-order valence-electron chi connectivity index (χ2n) is 6.04. The maximum absolute atomic E-state index is 11.3. The van der Waals surface area contributed by atoms with Gasteiger partial charge in [-0.25, -0.2) is 0 Å². The Labute approximate surface area is 111 Å². The quantitative estimate of drug-likeness (QED) is 0.840. The number of methoxy groups -OCH3 is 1. The van der Waals surface area contributed by atoms with Crippen molar-refractivity contribution in [3.8, 4) is 0 Å². The van der Waals surface area contributed by atoms with Crippen molar-refractivity contribution in [2.24, 2.45) is 11.8 Å². The van der Waals surface area contributed by atoms with Crippen molar-refractivity contribution in [2.45, 2.75) is 70.4 Å². The Kier molecular flexibility index (Phi) is 5.04. The predicted molar refractivity (Wildman–Crippen MR) is 72.3 cm³/mol. The lowest BCUT2D eigenvalue weighted by molar-refractivity contribution is -0.121. The summed E-state index contributed by atoms with van der Waals surface area (Å²) in [6, 6.07) is 0.386. The second kappa shape index (κ2) is 6.55. The summed E-state index contributed by atoms with van der Waals surface area (Å²) in [6.07, 6.45) is 10.5. The average molecular weight is 253 g/mol. The normalized spacial score (nSPS) is 34.2. The van der Waals surface area contributed by atoms with E-state index in [9.17, 15) is 4.79 Å². The van der Waals surface area contributed by atoms with Crippen LogP contribution in [0.2, 0.25) is 0 Å². The summed E-state index contributed by atoms with van der Waals surface area (Å²) in [4.78, 5) is 11.3. The Bertz CT molecular complexity index is 274. The molecule has 2 saturated carbocycles. The number of hydrogen-bond acceptors (Lipinski definition) is 2. The van der Waals surface area contributed by atoms with Crippen LogP contribution in [0.1, 0.15) is 58.3 Å². The zero-order chi connectivity index (χ0) is 13.0. The highest BCUT2D eigenvalue weighted by atomic mass is 16.5. The maximum Gasteiger partial charge on any atom is 0.217 e.